The van der Waals surface area contributed by atoms with Crippen LogP contribution in [0, 0.1) is 6.92 Å². The molecule has 0 fully saturated rings. The molecular weight excluding hydrogens is 270 g/mol. The number of hydrogen-bond donors (Lipinski definition) is 1. The lowest BCUT2D eigenvalue weighted by atomic mass is 9.77. The fourth-order valence-corrected chi connectivity index (χ4v) is 3.42. The molecule has 0 saturated heterocycles. The summed E-state index contributed by atoms with van der Waals surface area (Å²) in [6.45, 7) is 4.21. The van der Waals surface area contributed by atoms with Crippen LogP contribution < -0.4 is 5.32 Å². The normalized spacial score (nSPS) is 20.3. The van der Waals surface area contributed by atoms with Gasteiger partial charge in [-0.25, -0.2) is 0 Å². The monoisotopic (exact) mass is 293 g/mol. The molecule has 1 N–H and O–H groups in total. The van der Waals surface area contributed by atoms with Crippen molar-refractivity contribution in [2.45, 2.75) is 45.1 Å². The molecule has 2 aromatic carbocycles. The molecule has 22 heavy (non-hydrogen) atoms. The molecule has 0 aliphatic heterocycles. The number of carbonyl (C=O) groups is 1. The SMILES string of the molecule is Cc1ccc(CC(=O)N[C@@]2(C)CCCc3ccccc32)cc1. The highest BCUT2D eigenvalue weighted by atomic mass is 16.1. The summed E-state index contributed by atoms with van der Waals surface area (Å²) in [5.41, 5.74) is 4.69. The standard InChI is InChI=1S/C20H23NO/c1-15-9-11-16(12-10-15)14-19(22)21-20(2)13-5-7-17-6-3-4-8-18(17)20/h3-4,6,8-12H,5,7,13-14H2,1-2H3,(H,21,22)/t20-/m0/s1. The van der Waals surface area contributed by atoms with Crippen LogP contribution in [0.2, 0.25) is 0 Å². The number of nitrogens with one attached hydrogen (secondary N) is 1. The van der Waals surface area contributed by atoms with E-state index in [0.29, 0.717) is 6.42 Å². The summed E-state index contributed by atoms with van der Waals surface area (Å²) in [6.07, 6.45) is 3.68. The third kappa shape index (κ3) is 3.06. The largest absolute Gasteiger partial charge is 0.347 e. The molecule has 2 heteroatoms. The summed E-state index contributed by atoms with van der Waals surface area (Å²) in [5.74, 6) is 0.100. The van der Waals surface area contributed by atoms with Crippen LogP contribution in [0.3, 0.4) is 0 Å². The fraction of sp³-hybridized carbons (Fsp3) is 0.350. The molecule has 0 bridgehead atoms. The van der Waals surface area contributed by atoms with Gasteiger partial charge in [0.15, 0.2) is 0 Å². The average Bonchev–Trinajstić information content (AvgIpc) is 2.50. The Bertz CT molecular complexity index is 674. The van der Waals surface area contributed by atoms with Gasteiger partial charge in [0.25, 0.3) is 0 Å². The predicted molar refractivity (Wildman–Crippen MR) is 89.8 cm³/mol. The van der Waals surface area contributed by atoms with E-state index in [1.165, 1.54) is 16.7 Å². The van der Waals surface area contributed by atoms with Gasteiger partial charge in [-0.3, -0.25) is 4.79 Å². The van der Waals surface area contributed by atoms with Gasteiger partial charge in [-0.1, -0.05) is 54.1 Å². The molecule has 1 amide bonds. The van der Waals surface area contributed by atoms with Crippen molar-refractivity contribution in [2.75, 3.05) is 0 Å². The second kappa shape index (κ2) is 5.96. The van der Waals surface area contributed by atoms with Crippen molar-refractivity contribution in [2.24, 2.45) is 0 Å². The number of amides is 1. The first kappa shape index (κ1) is 14.8. The zero-order valence-corrected chi connectivity index (χ0v) is 13.4. The highest BCUT2D eigenvalue weighted by molar-refractivity contribution is 5.79. The lowest BCUT2D eigenvalue weighted by molar-refractivity contribution is -0.122. The zero-order chi connectivity index (χ0) is 15.6. The van der Waals surface area contributed by atoms with Crippen molar-refractivity contribution in [1.82, 2.24) is 5.32 Å². The minimum Gasteiger partial charge on any atom is -0.347 e. The molecule has 0 heterocycles. The maximum Gasteiger partial charge on any atom is 0.225 e. The highest BCUT2D eigenvalue weighted by Crippen LogP contribution is 2.34. The molecule has 0 spiro atoms. The Hall–Kier alpha value is -2.09. The predicted octanol–water partition coefficient (Wildman–Crippen LogP) is 3.91. The molecule has 1 atom stereocenters. The smallest absolute Gasteiger partial charge is 0.225 e. The minimum absolute atomic E-state index is 0.100. The van der Waals surface area contributed by atoms with Gasteiger partial charge in [-0.05, 0) is 49.8 Å². The molecule has 3 rings (SSSR count). The van der Waals surface area contributed by atoms with E-state index in [9.17, 15) is 4.79 Å². The maximum atomic E-state index is 12.5. The van der Waals surface area contributed by atoms with E-state index in [-0.39, 0.29) is 11.4 Å². The van der Waals surface area contributed by atoms with Crippen LogP contribution in [0.4, 0.5) is 0 Å². The number of hydrogen-bond acceptors (Lipinski definition) is 1. The summed E-state index contributed by atoms with van der Waals surface area (Å²) < 4.78 is 0. The van der Waals surface area contributed by atoms with Gasteiger partial charge < -0.3 is 5.32 Å². The van der Waals surface area contributed by atoms with Gasteiger partial charge in [0.05, 0.1) is 12.0 Å². The Morgan fingerprint density at radius 3 is 2.64 bits per heavy atom. The average molecular weight is 293 g/mol. The van der Waals surface area contributed by atoms with E-state index in [4.69, 9.17) is 0 Å². The molecule has 2 nitrogen and oxygen atoms in total. The number of fused-ring (bicyclic) bond motifs is 1. The fourth-order valence-electron chi connectivity index (χ4n) is 3.42. The van der Waals surface area contributed by atoms with Crippen LogP contribution in [0.5, 0.6) is 0 Å². The van der Waals surface area contributed by atoms with Crippen molar-refractivity contribution in [3.05, 3.63) is 70.8 Å². The van der Waals surface area contributed by atoms with Crippen LogP contribution >= 0.6 is 0 Å². The zero-order valence-electron chi connectivity index (χ0n) is 13.4. The summed E-state index contributed by atoms with van der Waals surface area (Å²) >= 11 is 0. The Labute approximate surface area is 132 Å². The van der Waals surface area contributed by atoms with E-state index >= 15 is 0 Å². The van der Waals surface area contributed by atoms with Gasteiger partial charge in [0.1, 0.15) is 0 Å². The van der Waals surface area contributed by atoms with Crippen LogP contribution in [0.25, 0.3) is 0 Å². The van der Waals surface area contributed by atoms with Crippen molar-refractivity contribution in [1.29, 1.82) is 0 Å². The second-order valence-electron chi connectivity index (χ2n) is 6.55. The summed E-state index contributed by atoms with van der Waals surface area (Å²) in [7, 11) is 0. The van der Waals surface area contributed by atoms with Gasteiger partial charge >= 0.3 is 0 Å². The van der Waals surface area contributed by atoms with Crippen molar-refractivity contribution < 1.29 is 4.79 Å². The molecule has 1 aliphatic rings. The number of aryl methyl sites for hydroxylation is 2. The van der Waals surface area contributed by atoms with Gasteiger partial charge in [-0.15, -0.1) is 0 Å². The third-order valence-corrected chi connectivity index (χ3v) is 4.64. The topological polar surface area (TPSA) is 29.1 Å². The molecule has 0 aromatic heterocycles. The molecule has 114 valence electrons. The second-order valence-corrected chi connectivity index (χ2v) is 6.55. The van der Waals surface area contributed by atoms with E-state index < -0.39 is 0 Å². The van der Waals surface area contributed by atoms with E-state index in [1.54, 1.807) is 0 Å². The van der Waals surface area contributed by atoms with Gasteiger partial charge in [0, 0.05) is 0 Å². The van der Waals surface area contributed by atoms with Crippen LogP contribution in [-0.2, 0) is 23.2 Å². The number of carbonyl (C=O) groups excluding carboxylic acids is 1. The first-order valence-corrected chi connectivity index (χ1v) is 8.02. The quantitative estimate of drug-likeness (QED) is 0.913. The van der Waals surface area contributed by atoms with Gasteiger partial charge in [0.2, 0.25) is 5.91 Å². The van der Waals surface area contributed by atoms with E-state index in [0.717, 1.165) is 24.8 Å². The lowest BCUT2D eigenvalue weighted by Gasteiger charge is -2.37. The molecule has 0 unspecified atom stereocenters. The Kier molecular flexibility index (Phi) is 4.02. The Morgan fingerprint density at radius 1 is 1.14 bits per heavy atom. The number of benzene rings is 2. The van der Waals surface area contributed by atoms with Crippen LogP contribution in [0.15, 0.2) is 48.5 Å². The van der Waals surface area contributed by atoms with Crippen LogP contribution in [-0.4, -0.2) is 5.91 Å². The summed E-state index contributed by atoms with van der Waals surface area (Å²) in [5, 5.41) is 3.28. The van der Waals surface area contributed by atoms with Gasteiger partial charge in [-0.2, -0.15) is 0 Å². The first-order valence-electron chi connectivity index (χ1n) is 8.02. The summed E-state index contributed by atoms with van der Waals surface area (Å²) in [4.78, 5) is 12.5. The lowest BCUT2D eigenvalue weighted by Crippen LogP contribution is -2.46. The van der Waals surface area contributed by atoms with E-state index in [2.05, 4.69) is 55.6 Å². The number of rotatable bonds is 3. The van der Waals surface area contributed by atoms with Crippen LogP contribution in [0.1, 0.15) is 42.0 Å². The first-order chi connectivity index (χ1) is 10.6. The van der Waals surface area contributed by atoms with Crippen molar-refractivity contribution >= 4 is 5.91 Å². The molecule has 2 aromatic rings. The molecule has 1 aliphatic carbocycles. The molecule has 0 saturated carbocycles. The van der Waals surface area contributed by atoms with Crippen molar-refractivity contribution in [3.63, 3.8) is 0 Å². The molecule has 0 radical (unpaired) electrons. The maximum absolute atomic E-state index is 12.5. The molecular formula is C20H23NO. The summed E-state index contributed by atoms with van der Waals surface area (Å²) in [6, 6.07) is 16.7. The minimum atomic E-state index is -0.239. The van der Waals surface area contributed by atoms with E-state index in [1.807, 2.05) is 12.1 Å². The Morgan fingerprint density at radius 2 is 1.86 bits per heavy atom. The Balaban J connectivity index is 1.75. The highest BCUT2D eigenvalue weighted by Gasteiger charge is 2.32. The third-order valence-electron chi connectivity index (χ3n) is 4.64. The van der Waals surface area contributed by atoms with Crippen molar-refractivity contribution in [3.8, 4) is 0 Å².